The highest BCUT2D eigenvalue weighted by Gasteiger charge is 2.39. The number of nitrogens with zero attached hydrogens (tertiary/aromatic N) is 8. The molecule has 0 N–H and O–H groups in total. The van der Waals surface area contributed by atoms with Crippen LogP contribution in [0, 0.1) is 0 Å². The maximum atomic E-state index is 5.24. The molecule has 67 heavy (non-hydrogen) atoms. The largest absolute Gasteiger partial charge is 0.275 e. The van der Waals surface area contributed by atoms with Gasteiger partial charge in [0.1, 0.15) is 18.1 Å². The van der Waals surface area contributed by atoms with Gasteiger partial charge in [-0.05, 0) is 70.0 Å². The molecule has 11 heteroatoms. The second-order valence-electron chi connectivity index (χ2n) is 17.3. The second kappa shape index (κ2) is 15.6. The van der Waals surface area contributed by atoms with Crippen molar-refractivity contribution in [3.8, 4) is 89.2 Å². The van der Waals surface area contributed by atoms with Gasteiger partial charge in [-0.2, -0.15) is 0 Å². The number of rotatable bonds is 8. The molecule has 1 aliphatic rings. The van der Waals surface area contributed by atoms with Gasteiger partial charge in [-0.3, -0.25) is 9.13 Å². The minimum atomic E-state index is -2.03. The van der Waals surface area contributed by atoms with Crippen molar-refractivity contribution >= 4 is 61.6 Å². The summed E-state index contributed by atoms with van der Waals surface area (Å²) >= 11 is 3.52. The van der Waals surface area contributed by atoms with Gasteiger partial charge in [-0.1, -0.05) is 159 Å². The van der Waals surface area contributed by atoms with Crippen LogP contribution in [0.25, 0.3) is 110 Å². The lowest BCUT2D eigenvalue weighted by molar-refractivity contribution is 1.07. The lowest BCUT2D eigenvalue weighted by atomic mass is 10.1. The van der Waals surface area contributed by atoms with Crippen molar-refractivity contribution in [3.05, 3.63) is 194 Å². The highest BCUT2D eigenvalue weighted by molar-refractivity contribution is 7.22. The van der Waals surface area contributed by atoms with Crippen molar-refractivity contribution in [2.75, 3.05) is 0 Å². The first-order valence-electron chi connectivity index (χ1n) is 22.2. The van der Waals surface area contributed by atoms with Crippen molar-refractivity contribution < 1.29 is 0 Å². The highest BCUT2D eigenvalue weighted by Crippen LogP contribution is 2.40. The van der Waals surface area contributed by atoms with E-state index in [4.69, 9.17) is 20.2 Å². The number of hydrogen-bond donors (Lipinski definition) is 0. The lowest BCUT2D eigenvalue weighted by Gasteiger charge is -2.18. The summed E-state index contributed by atoms with van der Waals surface area (Å²) in [6, 6.07) is 67.7. The van der Waals surface area contributed by atoms with Crippen LogP contribution < -0.4 is 10.4 Å². The van der Waals surface area contributed by atoms with Crippen LogP contribution in [0.1, 0.15) is 0 Å². The van der Waals surface area contributed by atoms with Crippen LogP contribution in [0.15, 0.2) is 194 Å². The molecule has 4 aromatic heterocycles. The highest BCUT2D eigenvalue weighted by atomic mass is 32.1. The van der Waals surface area contributed by atoms with Crippen molar-refractivity contribution in [1.82, 2.24) is 39.5 Å². The minimum absolute atomic E-state index is 0.793. The van der Waals surface area contributed by atoms with Gasteiger partial charge in [-0.25, -0.2) is 9.97 Å². The molecule has 0 aliphatic carbocycles. The fourth-order valence-electron chi connectivity index (χ4n) is 9.48. The van der Waals surface area contributed by atoms with Gasteiger partial charge in [0.15, 0.2) is 23.3 Å². The zero-order chi connectivity index (χ0) is 44.6. The fraction of sp³-hybridized carbons (Fsp3) is 0.0357. The number of thiazole rings is 2. The van der Waals surface area contributed by atoms with Gasteiger partial charge >= 0.3 is 0 Å². The molecule has 13 rings (SSSR count). The SMILES string of the molecule is C[Si]1(C)c2cc3sc(-c4ccc(-c5nnc(-c6ccccc6)n5-c5ccccc5)cc4)nc3cc2-c2cc3nc(-c4ccc(-c5nnc(-c6ccccc6)n5-c5ccccc5)cc4)sc3cc21. The Morgan fingerprint density at radius 1 is 0.358 bits per heavy atom. The van der Waals surface area contributed by atoms with E-state index in [1.54, 1.807) is 22.7 Å². The predicted octanol–water partition coefficient (Wildman–Crippen LogP) is 12.9. The summed E-state index contributed by atoms with van der Waals surface area (Å²) in [6.45, 7) is 4.96. The molecule has 8 nitrogen and oxygen atoms in total. The molecule has 0 atom stereocenters. The number of benzene rings is 8. The zero-order valence-corrected chi connectivity index (χ0v) is 39.0. The van der Waals surface area contributed by atoms with Crippen molar-refractivity contribution in [3.63, 3.8) is 0 Å². The molecule has 318 valence electrons. The number of fused-ring (bicyclic) bond motifs is 5. The van der Waals surface area contributed by atoms with Crippen LogP contribution in [0.5, 0.6) is 0 Å². The molecule has 1 aliphatic heterocycles. The van der Waals surface area contributed by atoms with E-state index in [0.29, 0.717) is 0 Å². The van der Waals surface area contributed by atoms with Crippen LogP contribution in [0.2, 0.25) is 13.1 Å². The Bertz CT molecular complexity index is 3550. The first-order chi connectivity index (χ1) is 32.9. The summed E-state index contributed by atoms with van der Waals surface area (Å²) in [4.78, 5) is 10.5. The van der Waals surface area contributed by atoms with Gasteiger partial charge in [0.2, 0.25) is 0 Å². The number of aromatic nitrogens is 8. The first kappa shape index (κ1) is 39.4. The molecule has 0 spiro atoms. The van der Waals surface area contributed by atoms with E-state index >= 15 is 0 Å². The van der Waals surface area contributed by atoms with Crippen LogP contribution in [-0.2, 0) is 0 Å². The maximum Gasteiger partial charge on any atom is 0.168 e. The van der Waals surface area contributed by atoms with Gasteiger partial charge in [-0.15, -0.1) is 43.1 Å². The molecule has 0 saturated heterocycles. The smallest absolute Gasteiger partial charge is 0.168 e. The third-order valence-electron chi connectivity index (χ3n) is 12.9. The fourth-order valence-corrected chi connectivity index (χ4v) is 14.7. The Hall–Kier alpha value is -7.96. The van der Waals surface area contributed by atoms with Crippen LogP contribution in [-0.4, -0.2) is 47.6 Å². The molecule has 0 fully saturated rings. The normalized spacial score (nSPS) is 12.7. The van der Waals surface area contributed by atoms with Crippen LogP contribution in [0.3, 0.4) is 0 Å². The second-order valence-corrected chi connectivity index (χ2v) is 23.7. The van der Waals surface area contributed by atoms with E-state index < -0.39 is 8.07 Å². The third-order valence-corrected chi connectivity index (χ3v) is 18.5. The summed E-state index contributed by atoms with van der Waals surface area (Å²) in [5.41, 5.74) is 12.8. The topological polar surface area (TPSA) is 87.2 Å². The molecule has 12 aromatic rings. The van der Waals surface area contributed by atoms with E-state index in [2.05, 4.69) is 154 Å². The Labute approximate surface area is 395 Å². The molecular weight excluding hydrogens is 877 g/mol. The summed E-state index contributed by atoms with van der Waals surface area (Å²) in [5, 5.41) is 23.7. The van der Waals surface area contributed by atoms with Crippen molar-refractivity contribution in [2.45, 2.75) is 13.1 Å². The Kier molecular flexibility index (Phi) is 9.17. The average molecular weight is 915 g/mol. The molecule has 0 saturated carbocycles. The van der Waals surface area contributed by atoms with Gasteiger partial charge in [0, 0.05) is 44.8 Å². The predicted molar refractivity (Wildman–Crippen MR) is 277 cm³/mol. The maximum absolute atomic E-state index is 5.24. The van der Waals surface area contributed by atoms with E-state index in [-0.39, 0.29) is 0 Å². The standard InChI is InChI=1S/C56H38N8S2Si/c1-67(2)49-33-47-45(57-55(65-47)39-27-23-37(24-28-39)53-61-59-51(35-15-7-3-8-16-35)63(53)41-19-11-5-12-20-41)31-43(49)44-32-46-48(34-50(44)67)66-56(58-46)40-29-25-38(26-30-40)54-62-60-52(36-17-9-4-10-18-36)64(54)42-21-13-6-14-22-42/h3-34H,1-2H3. The average Bonchev–Trinajstić information content (AvgIpc) is 4.23. The number of para-hydroxylation sites is 2. The molecular formula is C56H38N8S2Si. The Balaban J connectivity index is 0.808. The molecule has 0 amide bonds. The molecule has 8 aromatic carbocycles. The monoisotopic (exact) mass is 914 g/mol. The van der Waals surface area contributed by atoms with E-state index in [9.17, 15) is 0 Å². The summed E-state index contributed by atoms with van der Waals surface area (Å²) in [5.74, 6) is 3.20. The molecule has 0 radical (unpaired) electrons. The van der Waals surface area contributed by atoms with Crippen LogP contribution >= 0.6 is 22.7 Å². The summed E-state index contributed by atoms with van der Waals surface area (Å²) < 4.78 is 6.70. The Morgan fingerprint density at radius 3 is 1.03 bits per heavy atom. The van der Waals surface area contributed by atoms with Crippen LogP contribution in [0.4, 0.5) is 0 Å². The molecule has 0 bridgehead atoms. The number of hydrogen-bond acceptors (Lipinski definition) is 8. The first-order valence-corrected chi connectivity index (χ1v) is 26.8. The summed E-state index contributed by atoms with van der Waals surface area (Å²) in [6.07, 6.45) is 0. The van der Waals surface area contributed by atoms with Gasteiger partial charge in [0.25, 0.3) is 0 Å². The van der Waals surface area contributed by atoms with E-state index in [0.717, 1.165) is 89.1 Å². The van der Waals surface area contributed by atoms with E-state index in [1.807, 2.05) is 72.8 Å². The van der Waals surface area contributed by atoms with E-state index in [1.165, 1.54) is 30.9 Å². The van der Waals surface area contributed by atoms with Gasteiger partial charge in [0.05, 0.1) is 20.4 Å². The molecule has 0 unspecified atom stereocenters. The van der Waals surface area contributed by atoms with Crippen molar-refractivity contribution in [2.24, 2.45) is 0 Å². The Morgan fingerprint density at radius 2 is 0.672 bits per heavy atom. The minimum Gasteiger partial charge on any atom is -0.275 e. The van der Waals surface area contributed by atoms with Crippen molar-refractivity contribution in [1.29, 1.82) is 0 Å². The lowest BCUT2D eigenvalue weighted by Crippen LogP contribution is -2.49. The third kappa shape index (κ3) is 6.61. The zero-order valence-electron chi connectivity index (χ0n) is 36.4. The van der Waals surface area contributed by atoms with Gasteiger partial charge < -0.3 is 0 Å². The summed E-state index contributed by atoms with van der Waals surface area (Å²) in [7, 11) is -2.03. The molecule has 5 heterocycles. The quantitative estimate of drug-likeness (QED) is 0.141.